The van der Waals surface area contributed by atoms with E-state index in [1.165, 1.54) is 34.0 Å². The molecular weight excluding hydrogens is 498 g/mol. The topological polar surface area (TPSA) is 54.0 Å². The van der Waals surface area contributed by atoms with Crippen LogP contribution in [0.2, 0.25) is 0 Å². The van der Waals surface area contributed by atoms with Gasteiger partial charge in [0.05, 0.1) is 24.5 Å². The molecule has 7 nitrogen and oxygen atoms in total. The molecule has 40 heavy (non-hydrogen) atoms. The van der Waals surface area contributed by atoms with Crippen LogP contribution in [-0.2, 0) is 16.0 Å². The van der Waals surface area contributed by atoms with Crippen molar-refractivity contribution < 1.29 is 9.47 Å². The summed E-state index contributed by atoms with van der Waals surface area (Å²) in [5.41, 5.74) is 6.33. The van der Waals surface area contributed by atoms with Gasteiger partial charge in [-0.2, -0.15) is 0 Å². The zero-order chi connectivity index (χ0) is 28.0. The lowest BCUT2D eigenvalue weighted by Crippen LogP contribution is -2.58. The first kappa shape index (κ1) is 28.1. The summed E-state index contributed by atoms with van der Waals surface area (Å²) in [4.78, 5) is 17.8. The minimum Gasteiger partial charge on any atom is -0.381 e. The number of aromatic nitrogens is 2. The van der Waals surface area contributed by atoms with Gasteiger partial charge in [0.1, 0.15) is 5.82 Å². The van der Waals surface area contributed by atoms with Crippen LogP contribution in [0, 0.1) is 0 Å². The van der Waals surface area contributed by atoms with E-state index in [0.29, 0.717) is 29.7 Å². The van der Waals surface area contributed by atoms with Crippen LogP contribution in [0.15, 0.2) is 24.3 Å². The maximum atomic E-state index is 6.72. The number of likely N-dealkylation sites (tertiary alicyclic amines) is 1. The predicted octanol–water partition coefficient (Wildman–Crippen LogP) is 5.13. The zero-order valence-corrected chi connectivity index (χ0v) is 25.5. The van der Waals surface area contributed by atoms with Crippen LogP contribution >= 0.6 is 0 Å². The van der Waals surface area contributed by atoms with Crippen molar-refractivity contribution in [1.29, 1.82) is 0 Å². The number of rotatable bonds is 8. The lowest BCUT2D eigenvalue weighted by atomic mass is 9.88. The summed E-state index contributed by atoms with van der Waals surface area (Å²) < 4.78 is 12.5. The molecule has 2 aromatic heterocycles. The SMILES string of the molecule is CC(C)c1ccc(C2CCOC2)c(CN2CCC3(C[C@H](c4ccc(C(C)C)nc4N4CC(N(C)C)C4)CO3)C2)n1. The Hall–Kier alpha value is -2.06. The molecule has 0 aromatic carbocycles. The Morgan fingerprint density at radius 2 is 1.68 bits per heavy atom. The molecule has 0 aliphatic carbocycles. The van der Waals surface area contributed by atoms with E-state index in [4.69, 9.17) is 19.4 Å². The van der Waals surface area contributed by atoms with Gasteiger partial charge in [-0.15, -0.1) is 0 Å². The van der Waals surface area contributed by atoms with Gasteiger partial charge in [-0.05, 0) is 62.9 Å². The Morgan fingerprint density at radius 1 is 0.950 bits per heavy atom. The van der Waals surface area contributed by atoms with E-state index < -0.39 is 0 Å². The fourth-order valence-electron chi connectivity index (χ4n) is 7.05. The van der Waals surface area contributed by atoms with Crippen LogP contribution in [0.25, 0.3) is 0 Å². The summed E-state index contributed by atoms with van der Waals surface area (Å²) in [5.74, 6) is 2.93. The van der Waals surface area contributed by atoms with E-state index in [0.717, 1.165) is 71.8 Å². The lowest BCUT2D eigenvalue weighted by molar-refractivity contribution is 0.0117. The molecule has 4 saturated heterocycles. The maximum absolute atomic E-state index is 6.72. The van der Waals surface area contributed by atoms with Crippen molar-refractivity contribution in [3.05, 3.63) is 52.5 Å². The molecular formula is C33H49N5O2. The minimum absolute atomic E-state index is 0.0634. The predicted molar refractivity (Wildman–Crippen MR) is 160 cm³/mol. The number of nitrogens with zero attached hydrogens (tertiary/aromatic N) is 5. The number of pyridine rings is 2. The highest BCUT2D eigenvalue weighted by Crippen LogP contribution is 2.45. The van der Waals surface area contributed by atoms with Crippen LogP contribution < -0.4 is 4.90 Å². The maximum Gasteiger partial charge on any atom is 0.132 e. The third-order valence-corrected chi connectivity index (χ3v) is 9.82. The smallest absolute Gasteiger partial charge is 0.132 e. The van der Waals surface area contributed by atoms with E-state index in [1.807, 2.05) is 0 Å². The average Bonchev–Trinajstić information content (AvgIpc) is 3.65. The highest BCUT2D eigenvalue weighted by molar-refractivity contribution is 5.53. The normalized spacial score (nSPS) is 27.7. The largest absolute Gasteiger partial charge is 0.381 e. The first-order chi connectivity index (χ1) is 19.2. The van der Waals surface area contributed by atoms with Gasteiger partial charge in [0.2, 0.25) is 0 Å². The van der Waals surface area contributed by atoms with Gasteiger partial charge in [-0.1, -0.05) is 39.8 Å². The number of hydrogen-bond acceptors (Lipinski definition) is 7. The summed E-state index contributed by atoms with van der Waals surface area (Å²) in [7, 11) is 4.36. The summed E-state index contributed by atoms with van der Waals surface area (Å²) in [5, 5.41) is 0. The zero-order valence-electron chi connectivity index (χ0n) is 25.5. The number of hydrogen-bond donors (Lipinski definition) is 0. The average molecular weight is 548 g/mol. The van der Waals surface area contributed by atoms with Crippen molar-refractivity contribution in [3.63, 3.8) is 0 Å². The molecule has 3 atom stereocenters. The molecule has 4 fully saturated rings. The molecule has 1 spiro atoms. The Kier molecular flexibility index (Phi) is 7.94. The Balaban J connectivity index is 1.17. The number of anilines is 1. The quantitative estimate of drug-likeness (QED) is 0.454. The van der Waals surface area contributed by atoms with Crippen molar-refractivity contribution in [3.8, 4) is 0 Å². The molecule has 2 aromatic rings. The van der Waals surface area contributed by atoms with Gasteiger partial charge in [-0.3, -0.25) is 9.88 Å². The van der Waals surface area contributed by atoms with Crippen LogP contribution in [0.3, 0.4) is 0 Å². The molecule has 6 rings (SSSR count). The van der Waals surface area contributed by atoms with Crippen LogP contribution in [0.5, 0.6) is 0 Å². The Bertz CT molecular complexity index is 1190. The Labute approximate surface area is 241 Å². The number of likely N-dealkylation sites (N-methyl/N-ethyl adjacent to an activating group) is 1. The summed E-state index contributed by atoms with van der Waals surface area (Å²) in [6, 6.07) is 9.78. The van der Waals surface area contributed by atoms with E-state index in [-0.39, 0.29) is 5.60 Å². The summed E-state index contributed by atoms with van der Waals surface area (Å²) >= 11 is 0. The van der Waals surface area contributed by atoms with Gasteiger partial charge in [0, 0.05) is 74.2 Å². The lowest BCUT2D eigenvalue weighted by Gasteiger charge is -2.44. The first-order valence-corrected chi connectivity index (χ1v) is 15.6. The van der Waals surface area contributed by atoms with Crippen molar-refractivity contribution >= 4 is 5.82 Å². The van der Waals surface area contributed by atoms with Crippen LogP contribution in [-0.4, -0.2) is 91.5 Å². The third-order valence-electron chi connectivity index (χ3n) is 9.82. The van der Waals surface area contributed by atoms with Gasteiger partial charge >= 0.3 is 0 Å². The van der Waals surface area contributed by atoms with Crippen molar-refractivity contribution in [2.75, 3.05) is 65.0 Å². The molecule has 4 aliphatic heterocycles. The molecule has 0 N–H and O–H groups in total. The van der Waals surface area contributed by atoms with Gasteiger partial charge in [0.15, 0.2) is 0 Å². The van der Waals surface area contributed by atoms with Crippen LogP contribution in [0.1, 0.15) is 98.8 Å². The first-order valence-electron chi connectivity index (χ1n) is 15.6. The van der Waals surface area contributed by atoms with Gasteiger partial charge < -0.3 is 19.3 Å². The molecule has 0 amide bonds. The molecule has 0 bridgehead atoms. The van der Waals surface area contributed by atoms with E-state index in [9.17, 15) is 0 Å². The Morgan fingerprint density at radius 3 is 2.35 bits per heavy atom. The molecule has 2 unspecified atom stereocenters. The molecule has 4 aliphatic rings. The van der Waals surface area contributed by atoms with E-state index >= 15 is 0 Å². The summed E-state index contributed by atoms with van der Waals surface area (Å²) in [6.45, 7) is 16.5. The van der Waals surface area contributed by atoms with Crippen LogP contribution in [0.4, 0.5) is 5.82 Å². The minimum atomic E-state index is -0.0634. The molecule has 6 heterocycles. The fourth-order valence-corrected chi connectivity index (χ4v) is 7.05. The molecule has 0 saturated carbocycles. The molecule has 0 radical (unpaired) electrons. The standard InChI is InChI=1S/C33H49N5O2/c1-22(2)29-9-7-27(24-11-14-39-19-24)31(34-29)18-37-13-12-33(21-37)15-25(20-40-33)28-8-10-30(23(3)4)35-32(28)38-16-26(17-38)36(5)6/h7-10,22-26H,11-21H2,1-6H3/t24?,25-,33?/m0/s1. The highest BCUT2D eigenvalue weighted by atomic mass is 16.5. The second-order valence-corrected chi connectivity index (χ2v) is 13.7. The van der Waals surface area contributed by atoms with Crippen molar-refractivity contribution in [2.24, 2.45) is 0 Å². The summed E-state index contributed by atoms with van der Waals surface area (Å²) in [6.07, 6.45) is 3.27. The van der Waals surface area contributed by atoms with Crippen molar-refractivity contribution in [2.45, 2.75) is 88.8 Å². The van der Waals surface area contributed by atoms with Gasteiger partial charge in [0.25, 0.3) is 0 Å². The monoisotopic (exact) mass is 547 g/mol. The highest BCUT2D eigenvalue weighted by Gasteiger charge is 2.47. The van der Waals surface area contributed by atoms with Gasteiger partial charge in [-0.25, -0.2) is 4.98 Å². The second-order valence-electron chi connectivity index (χ2n) is 13.7. The van der Waals surface area contributed by atoms with E-state index in [1.54, 1.807) is 0 Å². The van der Waals surface area contributed by atoms with Crippen molar-refractivity contribution in [1.82, 2.24) is 19.8 Å². The van der Waals surface area contributed by atoms with E-state index in [2.05, 4.69) is 80.8 Å². The number of ether oxygens (including phenoxy) is 2. The molecule has 218 valence electrons. The fraction of sp³-hybridized carbons (Fsp3) is 0.697. The molecule has 7 heteroatoms. The third kappa shape index (κ3) is 5.55. The second kappa shape index (κ2) is 11.3.